The lowest BCUT2D eigenvalue weighted by Crippen LogP contribution is -2.42. The number of fused-ring (bicyclic) bond motifs is 1. The SMILES string of the molecule is O=C(Nc1ccc2nc[nH]c(=O)c2c1)C1CCCN(c2ncccc2C(F)(F)F)C1. The fourth-order valence-corrected chi connectivity index (χ4v) is 3.64. The van der Waals surface area contributed by atoms with Gasteiger partial charge in [-0.25, -0.2) is 9.97 Å². The summed E-state index contributed by atoms with van der Waals surface area (Å²) in [5.41, 5.74) is -0.213. The van der Waals surface area contributed by atoms with Crippen molar-refractivity contribution in [1.29, 1.82) is 0 Å². The Morgan fingerprint density at radius 2 is 2.07 bits per heavy atom. The van der Waals surface area contributed by atoms with Gasteiger partial charge < -0.3 is 15.2 Å². The second-order valence-corrected chi connectivity index (χ2v) is 7.11. The number of H-pyrrole nitrogens is 1. The summed E-state index contributed by atoms with van der Waals surface area (Å²) in [7, 11) is 0. The molecule has 1 saturated heterocycles. The Morgan fingerprint density at radius 3 is 2.87 bits per heavy atom. The van der Waals surface area contributed by atoms with Gasteiger partial charge in [0, 0.05) is 25.0 Å². The highest BCUT2D eigenvalue weighted by molar-refractivity contribution is 5.95. The number of aromatic nitrogens is 3. The lowest BCUT2D eigenvalue weighted by Gasteiger charge is -2.34. The molecule has 1 fully saturated rings. The normalized spacial score (nSPS) is 17.2. The van der Waals surface area contributed by atoms with Crippen LogP contribution in [0.2, 0.25) is 0 Å². The highest BCUT2D eigenvalue weighted by Gasteiger charge is 2.37. The highest BCUT2D eigenvalue weighted by atomic mass is 19.4. The van der Waals surface area contributed by atoms with Crippen LogP contribution in [-0.2, 0) is 11.0 Å². The molecule has 0 aliphatic carbocycles. The summed E-state index contributed by atoms with van der Waals surface area (Å²) in [5.74, 6) is -0.987. The quantitative estimate of drug-likeness (QED) is 0.683. The minimum absolute atomic E-state index is 0.127. The highest BCUT2D eigenvalue weighted by Crippen LogP contribution is 2.36. The van der Waals surface area contributed by atoms with Crippen molar-refractivity contribution in [1.82, 2.24) is 15.0 Å². The van der Waals surface area contributed by atoms with Crippen molar-refractivity contribution >= 4 is 28.3 Å². The number of carbonyl (C=O) groups excluding carboxylic acids is 1. The van der Waals surface area contributed by atoms with E-state index in [-0.39, 0.29) is 23.8 Å². The summed E-state index contributed by atoms with van der Waals surface area (Å²) >= 11 is 0. The molecule has 0 saturated carbocycles. The summed E-state index contributed by atoms with van der Waals surface area (Å²) in [4.78, 5) is 36.6. The molecule has 2 N–H and O–H groups in total. The van der Waals surface area contributed by atoms with Crippen LogP contribution in [0.5, 0.6) is 0 Å². The number of alkyl halides is 3. The Bertz CT molecular complexity index is 1140. The number of halogens is 3. The zero-order chi connectivity index (χ0) is 21.3. The van der Waals surface area contributed by atoms with Gasteiger partial charge in [0.1, 0.15) is 5.82 Å². The van der Waals surface area contributed by atoms with E-state index >= 15 is 0 Å². The third kappa shape index (κ3) is 3.98. The Morgan fingerprint density at radius 1 is 1.23 bits per heavy atom. The van der Waals surface area contributed by atoms with Gasteiger partial charge >= 0.3 is 6.18 Å². The number of nitrogens with zero attached hydrogens (tertiary/aromatic N) is 3. The van der Waals surface area contributed by atoms with Crippen molar-refractivity contribution in [3.8, 4) is 0 Å². The van der Waals surface area contributed by atoms with Crippen LogP contribution < -0.4 is 15.8 Å². The molecule has 1 aliphatic heterocycles. The average molecular weight is 417 g/mol. The van der Waals surface area contributed by atoms with Crippen LogP contribution >= 0.6 is 0 Å². The molecule has 1 amide bonds. The molecule has 7 nitrogen and oxygen atoms in total. The zero-order valence-corrected chi connectivity index (χ0v) is 15.7. The van der Waals surface area contributed by atoms with E-state index < -0.39 is 17.7 Å². The molecule has 1 aromatic carbocycles. The predicted octanol–water partition coefficient (Wildman–Crippen LogP) is 3.19. The first-order valence-electron chi connectivity index (χ1n) is 9.38. The molecule has 3 aromatic rings. The van der Waals surface area contributed by atoms with Gasteiger partial charge in [-0.15, -0.1) is 0 Å². The first-order chi connectivity index (χ1) is 14.3. The molecule has 10 heteroatoms. The zero-order valence-electron chi connectivity index (χ0n) is 15.7. The number of aromatic amines is 1. The standard InChI is InChI=1S/C20H18F3N5O2/c21-20(22,23)15-4-1-7-24-17(15)28-8-2-3-12(10-28)18(29)27-13-5-6-16-14(9-13)19(30)26-11-25-16/h1,4-7,9,11-12H,2-3,8,10H2,(H,27,29)(H,25,26,30). The van der Waals surface area contributed by atoms with Crippen LogP contribution in [0.25, 0.3) is 10.9 Å². The molecule has 0 bridgehead atoms. The van der Waals surface area contributed by atoms with E-state index in [0.717, 1.165) is 6.07 Å². The molecule has 156 valence electrons. The number of amides is 1. The Hall–Kier alpha value is -3.43. The molecule has 3 heterocycles. The molecule has 0 radical (unpaired) electrons. The van der Waals surface area contributed by atoms with Gasteiger partial charge in [0.25, 0.3) is 5.56 Å². The van der Waals surface area contributed by atoms with Gasteiger partial charge in [0.2, 0.25) is 5.91 Å². The lowest BCUT2D eigenvalue weighted by atomic mass is 9.96. The molecule has 1 aliphatic rings. The minimum atomic E-state index is -4.52. The van der Waals surface area contributed by atoms with E-state index in [2.05, 4.69) is 20.3 Å². The van der Waals surface area contributed by atoms with Crippen LogP contribution in [0.4, 0.5) is 24.7 Å². The van der Waals surface area contributed by atoms with Crippen LogP contribution in [0.3, 0.4) is 0 Å². The molecule has 30 heavy (non-hydrogen) atoms. The summed E-state index contributed by atoms with van der Waals surface area (Å²) in [6.07, 6.45) is -0.800. The van der Waals surface area contributed by atoms with E-state index in [1.54, 1.807) is 12.1 Å². The molecule has 1 unspecified atom stereocenters. The second kappa shape index (κ2) is 7.77. The molecule has 0 spiro atoms. The van der Waals surface area contributed by atoms with Crippen molar-refractivity contribution < 1.29 is 18.0 Å². The van der Waals surface area contributed by atoms with E-state index in [1.165, 1.54) is 29.6 Å². The molecular weight excluding hydrogens is 399 g/mol. The topological polar surface area (TPSA) is 91.0 Å². The number of benzene rings is 1. The maximum atomic E-state index is 13.3. The summed E-state index contributed by atoms with van der Waals surface area (Å²) in [6.45, 7) is 0.516. The third-order valence-electron chi connectivity index (χ3n) is 5.09. The Balaban J connectivity index is 1.52. The van der Waals surface area contributed by atoms with Crippen LogP contribution in [-0.4, -0.2) is 33.9 Å². The van der Waals surface area contributed by atoms with E-state index in [4.69, 9.17) is 0 Å². The number of hydrogen-bond acceptors (Lipinski definition) is 5. The largest absolute Gasteiger partial charge is 0.419 e. The molecular formula is C20H18F3N5O2. The Kier molecular flexibility index (Phi) is 5.15. The van der Waals surface area contributed by atoms with E-state index in [1.807, 2.05) is 0 Å². The van der Waals surface area contributed by atoms with Crippen molar-refractivity contribution in [3.63, 3.8) is 0 Å². The monoisotopic (exact) mass is 417 g/mol. The Labute approximate surface area is 169 Å². The predicted molar refractivity (Wildman–Crippen MR) is 105 cm³/mol. The summed E-state index contributed by atoms with van der Waals surface area (Å²) in [6, 6.07) is 7.02. The molecule has 2 aromatic heterocycles. The maximum absolute atomic E-state index is 13.3. The van der Waals surface area contributed by atoms with E-state index in [9.17, 15) is 22.8 Å². The number of piperidine rings is 1. The third-order valence-corrected chi connectivity index (χ3v) is 5.09. The number of carbonyl (C=O) groups is 1. The first-order valence-corrected chi connectivity index (χ1v) is 9.38. The van der Waals surface area contributed by atoms with Gasteiger partial charge in [0.05, 0.1) is 28.7 Å². The van der Waals surface area contributed by atoms with Gasteiger partial charge in [-0.05, 0) is 43.2 Å². The van der Waals surface area contributed by atoms with Crippen molar-refractivity contribution in [2.75, 3.05) is 23.3 Å². The maximum Gasteiger partial charge on any atom is 0.419 e. The van der Waals surface area contributed by atoms with Gasteiger partial charge in [0.15, 0.2) is 0 Å². The fourth-order valence-electron chi connectivity index (χ4n) is 3.64. The fraction of sp³-hybridized carbons (Fsp3) is 0.300. The van der Waals surface area contributed by atoms with Crippen LogP contribution in [0.1, 0.15) is 18.4 Å². The van der Waals surface area contributed by atoms with Gasteiger partial charge in [-0.1, -0.05) is 0 Å². The van der Waals surface area contributed by atoms with E-state index in [0.29, 0.717) is 36.0 Å². The first kappa shape index (κ1) is 19.9. The molecule has 1 atom stereocenters. The van der Waals surface area contributed by atoms with Crippen molar-refractivity contribution in [2.45, 2.75) is 19.0 Å². The number of rotatable bonds is 3. The molecule has 4 rings (SSSR count). The number of nitrogens with one attached hydrogen (secondary N) is 2. The number of pyridine rings is 1. The number of hydrogen-bond donors (Lipinski definition) is 2. The van der Waals surface area contributed by atoms with Crippen LogP contribution in [0.15, 0.2) is 47.7 Å². The summed E-state index contributed by atoms with van der Waals surface area (Å²) in [5, 5.41) is 3.10. The smallest absolute Gasteiger partial charge is 0.355 e. The van der Waals surface area contributed by atoms with Crippen LogP contribution in [0, 0.1) is 5.92 Å². The second-order valence-electron chi connectivity index (χ2n) is 7.11. The average Bonchev–Trinajstić information content (AvgIpc) is 2.74. The van der Waals surface area contributed by atoms with Crippen molar-refractivity contribution in [3.05, 3.63) is 58.8 Å². The lowest BCUT2D eigenvalue weighted by molar-refractivity contribution is -0.137. The van der Waals surface area contributed by atoms with Gasteiger partial charge in [-0.2, -0.15) is 13.2 Å². The minimum Gasteiger partial charge on any atom is -0.355 e. The number of anilines is 2. The summed E-state index contributed by atoms with van der Waals surface area (Å²) < 4.78 is 40.0. The van der Waals surface area contributed by atoms with Gasteiger partial charge in [-0.3, -0.25) is 9.59 Å². The van der Waals surface area contributed by atoms with Crippen molar-refractivity contribution in [2.24, 2.45) is 5.92 Å².